The molecular formula is C20H18O5. The van der Waals surface area contributed by atoms with Crippen molar-refractivity contribution in [3.63, 3.8) is 0 Å². The van der Waals surface area contributed by atoms with E-state index in [0.29, 0.717) is 22.8 Å². The van der Waals surface area contributed by atoms with Crippen LogP contribution in [0, 0.1) is 0 Å². The van der Waals surface area contributed by atoms with Crippen molar-refractivity contribution in [2.24, 2.45) is 0 Å². The van der Waals surface area contributed by atoms with Gasteiger partial charge in [-0.15, -0.1) is 0 Å². The molecule has 0 fully saturated rings. The Morgan fingerprint density at radius 1 is 0.960 bits per heavy atom. The van der Waals surface area contributed by atoms with Crippen molar-refractivity contribution >= 4 is 11.9 Å². The number of rotatable bonds is 6. The lowest BCUT2D eigenvalue weighted by molar-refractivity contribution is -0.130. The quantitative estimate of drug-likeness (QED) is 0.454. The van der Waals surface area contributed by atoms with Crippen LogP contribution in [0.2, 0.25) is 0 Å². The van der Waals surface area contributed by atoms with Gasteiger partial charge in [0.15, 0.2) is 11.5 Å². The molecule has 2 aromatic rings. The molecule has 0 spiro atoms. The van der Waals surface area contributed by atoms with E-state index in [0.717, 1.165) is 17.2 Å². The van der Waals surface area contributed by atoms with E-state index in [1.54, 1.807) is 37.3 Å². The fourth-order valence-corrected chi connectivity index (χ4v) is 1.99. The van der Waals surface area contributed by atoms with E-state index < -0.39 is 11.9 Å². The van der Waals surface area contributed by atoms with Crippen LogP contribution in [0.3, 0.4) is 0 Å². The Bertz CT molecular complexity index is 818. The van der Waals surface area contributed by atoms with Crippen LogP contribution in [-0.4, -0.2) is 19.0 Å². The van der Waals surface area contributed by atoms with Gasteiger partial charge in [0, 0.05) is 11.6 Å². The van der Waals surface area contributed by atoms with Gasteiger partial charge in [-0.1, -0.05) is 31.4 Å². The number of methoxy groups -OCH3 is 1. The molecule has 5 nitrogen and oxygen atoms in total. The highest BCUT2D eigenvalue weighted by Gasteiger charge is 2.10. The van der Waals surface area contributed by atoms with Gasteiger partial charge in [-0.2, -0.15) is 0 Å². The molecule has 0 heterocycles. The lowest BCUT2D eigenvalue weighted by atomic mass is 10.0. The SMILES string of the molecule is C=CC(=O)Oc1ccc(-c2ccc(OC(=O)C(=C)C)cc2)cc1OC. The van der Waals surface area contributed by atoms with Crippen LogP contribution in [0.1, 0.15) is 6.92 Å². The maximum Gasteiger partial charge on any atom is 0.338 e. The second-order valence-corrected chi connectivity index (χ2v) is 5.19. The molecule has 0 saturated heterocycles. The Hall–Kier alpha value is -3.34. The largest absolute Gasteiger partial charge is 0.493 e. The Kier molecular flexibility index (Phi) is 5.74. The van der Waals surface area contributed by atoms with Crippen molar-refractivity contribution in [2.75, 3.05) is 7.11 Å². The highest BCUT2D eigenvalue weighted by molar-refractivity contribution is 5.88. The minimum atomic E-state index is -0.560. The van der Waals surface area contributed by atoms with Gasteiger partial charge >= 0.3 is 11.9 Å². The molecule has 0 radical (unpaired) electrons. The monoisotopic (exact) mass is 338 g/mol. The molecule has 128 valence electrons. The summed E-state index contributed by atoms with van der Waals surface area (Å²) >= 11 is 0. The molecule has 0 saturated carbocycles. The molecule has 2 aromatic carbocycles. The summed E-state index contributed by atoms with van der Waals surface area (Å²) in [6.45, 7) is 8.49. The zero-order valence-corrected chi connectivity index (χ0v) is 14.1. The van der Waals surface area contributed by atoms with Crippen LogP contribution < -0.4 is 14.2 Å². The lowest BCUT2D eigenvalue weighted by Crippen LogP contribution is -2.07. The Morgan fingerprint density at radius 2 is 1.60 bits per heavy atom. The van der Waals surface area contributed by atoms with Crippen LogP contribution in [0.4, 0.5) is 0 Å². The third kappa shape index (κ3) is 4.57. The Balaban J connectivity index is 2.23. The second-order valence-electron chi connectivity index (χ2n) is 5.19. The van der Waals surface area contributed by atoms with Crippen LogP contribution in [0.25, 0.3) is 11.1 Å². The lowest BCUT2D eigenvalue weighted by Gasteiger charge is -2.11. The van der Waals surface area contributed by atoms with Gasteiger partial charge in [0.1, 0.15) is 5.75 Å². The van der Waals surface area contributed by atoms with Crippen molar-refractivity contribution in [1.82, 2.24) is 0 Å². The summed E-state index contributed by atoms with van der Waals surface area (Å²) in [5, 5.41) is 0. The summed E-state index contributed by atoms with van der Waals surface area (Å²) in [5.41, 5.74) is 2.07. The first kappa shape index (κ1) is 18.0. The minimum absolute atomic E-state index is 0.308. The van der Waals surface area contributed by atoms with Gasteiger partial charge in [-0.3, -0.25) is 0 Å². The normalized spacial score (nSPS) is 9.84. The first-order valence-electron chi connectivity index (χ1n) is 7.45. The number of esters is 2. The van der Waals surface area contributed by atoms with Crippen LogP contribution in [0.15, 0.2) is 67.3 Å². The first-order chi connectivity index (χ1) is 11.9. The number of carbonyl (C=O) groups is 2. The number of carbonyl (C=O) groups excluding carboxylic acids is 2. The van der Waals surface area contributed by atoms with Gasteiger partial charge in [-0.25, -0.2) is 9.59 Å². The van der Waals surface area contributed by atoms with Crippen molar-refractivity contribution in [3.05, 3.63) is 67.3 Å². The molecule has 0 aliphatic carbocycles. The van der Waals surface area contributed by atoms with Crippen LogP contribution >= 0.6 is 0 Å². The maximum absolute atomic E-state index is 11.5. The highest BCUT2D eigenvalue weighted by atomic mass is 16.6. The van der Waals surface area contributed by atoms with Gasteiger partial charge in [0.05, 0.1) is 7.11 Å². The van der Waals surface area contributed by atoms with Gasteiger partial charge in [-0.05, 0) is 42.3 Å². The van der Waals surface area contributed by atoms with Crippen molar-refractivity contribution < 1.29 is 23.8 Å². The van der Waals surface area contributed by atoms with Crippen molar-refractivity contribution in [3.8, 4) is 28.4 Å². The van der Waals surface area contributed by atoms with Gasteiger partial charge in [0.2, 0.25) is 0 Å². The molecule has 5 heteroatoms. The fourth-order valence-electron chi connectivity index (χ4n) is 1.99. The zero-order valence-electron chi connectivity index (χ0n) is 14.1. The van der Waals surface area contributed by atoms with Crippen LogP contribution in [0.5, 0.6) is 17.2 Å². The molecule has 0 amide bonds. The standard InChI is InChI=1S/C20H18O5/c1-5-19(21)25-17-11-8-15(12-18(17)23-4)14-6-9-16(10-7-14)24-20(22)13(2)3/h5-12H,1-2H2,3-4H3. The second kappa shape index (κ2) is 7.97. The summed E-state index contributed by atoms with van der Waals surface area (Å²) < 4.78 is 15.5. The first-order valence-corrected chi connectivity index (χ1v) is 7.45. The molecule has 0 unspecified atom stereocenters. The predicted molar refractivity (Wildman–Crippen MR) is 94.7 cm³/mol. The van der Waals surface area contributed by atoms with E-state index in [1.807, 2.05) is 12.1 Å². The number of hydrogen-bond acceptors (Lipinski definition) is 5. The summed E-state index contributed by atoms with van der Waals surface area (Å²) in [6, 6.07) is 12.2. The van der Waals surface area contributed by atoms with E-state index in [4.69, 9.17) is 14.2 Å². The minimum Gasteiger partial charge on any atom is -0.493 e. The summed E-state index contributed by atoms with van der Waals surface area (Å²) in [5.74, 6) is 0.131. The molecule has 0 aliphatic rings. The Morgan fingerprint density at radius 3 is 2.16 bits per heavy atom. The number of benzene rings is 2. The topological polar surface area (TPSA) is 61.8 Å². The molecule has 0 bridgehead atoms. The van der Waals surface area contributed by atoms with Crippen molar-refractivity contribution in [1.29, 1.82) is 0 Å². The van der Waals surface area contributed by atoms with E-state index >= 15 is 0 Å². The summed E-state index contributed by atoms with van der Waals surface area (Å²) in [6.07, 6.45) is 1.08. The number of hydrogen-bond donors (Lipinski definition) is 0. The van der Waals surface area contributed by atoms with E-state index in [9.17, 15) is 9.59 Å². The summed E-state index contributed by atoms with van der Waals surface area (Å²) in [4.78, 5) is 22.8. The fraction of sp³-hybridized carbons (Fsp3) is 0.100. The highest BCUT2D eigenvalue weighted by Crippen LogP contribution is 2.33. The van der Waals surface area contributed by atoms with Gasteiger partial charge < -0.3 is 14.2 Å². The molecule has 0 aliphatic heterocycles. The Labute approximate surface area is 146 Å². The molecular weight excluding hydrogens is 320 g/mol. The average Bonchev–Trinajstić information content (AvgIpc) is 2.62. The summed E-state index contributed by atoms with van der Waals surface area (Å²) in [7, 11) is 1.49. The van der Waals surface area contributed by atoms with E-state index in [2.05, 4.69) is 13.2 Å². The van der Waals surface area contributed by atoms with Gasteiger partial charge in [0.25, 0.3) is 0 Å². The van der Waals surface area contributed by atoms with Crippen molar-refractivity contribution in [2.45, 2.75) is 6.92 Å². The molecule has 2 rings (SSSR count). The van der Waals surface area contributed by atoms with E-state index in [1.165, 1.54) is 7.11 Å². The predicted octanol–water partition coefficient (Wildman–Crippen LogP) is 3.94. The van der Waals surface area contributed by atoms with Crippen LogP contribution in [-0.2, 0) is 9.59 Å². The zero-order chi connectivity index (χ0) is 18.4. The van der Waals surface area contributed by atoms with E-state index in [-0.39, 0.29) is 0 Å². The smallest absolute Gasteiger partial charge is 0.338 e. The molecule has 25 heavy (non-hydrogen) atoms. The third-order valence-corrected chi connectivity index (χ3v) is 3.29. The molecule has 0 aromatic heterocycles. The molecule has 0 atom stereocenters. The maximum atomic E-state index is 11.5. The average molecular weight is 338 g/mol. The number of ether oxygens (including phenoxy) is 3. The third-order valence-electron chi connectivity index (χ3n) is 3.29. The molecule has 0 N–H and O–H groups in total.